The summed E-state index contributed by atoms with van der Waals surface area (Å²) in [6.07, 6.45) is -0.224. The minimum atomic E-state index is -4.56. The molecule has 2 aromatic carbocycles. The number of Topliss-reactive ketones (excluding diaryl/α,β-unsaturated/α-hetero) is 1. The van der Waals surface area contributed by atoms with Gasteiger partial charge in [0.25, 0.3) is 5.91 Å². The summed E-state index contributed by atoms with van der Waals surface area (Å²) in [5.74, 6) is -1.26. The molecule has 2 aromatic heterocycles. The SMILES string of the molecule is O=C1COc2ccc(C(=O)COC(=O)c3cnn(-c4cccc(C(F)(F)F)c4)c3-n3cccc3)cc2N1. The van der Waals surface area contributed by atoms with E-state index in [0.717, 1.165) is 18.3 Å². The first-order valence-corrected chi connectivity index (χ1v) is 10.9. The van der Waals surface area contributed by atoms with Gasteiger partial charge < -0.3 is 19.4 Å². The van der Waals surface area contributed by atoms with Crippen LogP contribution in [0.2, 0.25) is 0 Å². The van der Waals surface area contributed by atoms with Crippen LogP contribution in [-0.2, 0) is 15.7 Å². The normalized spacial score (nSPS) is 12.9. The average Bonchev–Trinajstić information content (AvgIpc) is 3.56. The fourth-order valence-electron chi connectivity index (χ4n) is 3.76. The Kier molecular flexibility index (Phi) is 5.99. The molecule has 0 fully saturated rings. The summed E-state index contributed by atoms with van der Waals surface area (Å²) in [7, 11) is 0. The molecule has 0 atom stereocenters. The zero-order valence-electron chi connectivity index (χ0n) is 18.9. The van der Waals surface area contributed by atoms with Crippen LogP contribution in [0, 0.1) is 0 Å². The Labute approximate surface area is 207 Å². The molecule has 0 radical (unpaired) electrons. The molecule has 0 saturated heterocycles. The van der Waals surface area contributed by atoms with E-state index < -0.39 is 30.1 Å². The number of nitrogens with zero attached hydrogens (tertiary/aromatic N) is 3. The lowest BCUT2D eigenvalue weighted by molar-refractivity contribution is -0.137. The number of halogens is 3. The zero-order valence-corrected chi connectivity index (χ0v) is 18.9. The van der Waals surface area contributed by atoms with Crippen LogP contribution in [0.15, 0.2) is 73.2 Å². The van der Waals surface area contributed by atoms with Crippen LogP contribution in [0.1, 0.15) is 26.3 Å². The number of ketones is 1. The monoisotopic (exact) mass is 510 g/mol. The van der Waals surface area contributed by atoms with Gasteiger partial charge in [0.1, 0.15) is 11.3 Å². The third kappa shape index (κ3) is 4.81. The van der Waals surface area contributed by atoms with E-state index in [4.69, 9.17) is 9.47 Å². The number of carbonyl (C=O) groups is 3. The standard InChI is InChI=1S/C25H17F3N4O5/c26-25(27,28)16-4-3-5-17(11-16)32-23(31-8-1-2-9-31)18(12-29-32)24(35)37-13-20(33)15-6-7-21-19(10-15)30-22(34)14-36-21/h1-12H,13-14H2,(H,30,34). The number of ether oxygens (including phenoxy) is 2. The number of benzene rings is 2. The Morgan fingerprint density at radius 1 is 1.08 bits per heavy atom. The minimum absolute atomic E-state index is 0.0625. The number of rotatable bonds is 6. The highest BCUT2D eigenvalue weighted by molar-refractivity contribution is 6.02. The second-order valence-corrected chi connectivity index (χ2v) is 7.98. The summed E-state index contributed by atoms with van der Waals surface area (Å²) >= 11 is 0. The maximum absolute atomic E-state index is 13.3. The van der Waals surface area contributed by atoms with Gasteiger partial charge in [-0.2, -0.15) is 18.3 Å². The fraction of sp³-hybridized carbons (Fsp3) is 0.120. The number of hydrogen-bond donors (Lipinski definition) is 1. The van der Waals surface area contributed by atoms with Crippen LogP contribution in [0.5, 0.6) is 5.75 Å². The number of fused-ring (bicyclic) bond motifs is 1. The first-order valence-electron chi connectivity index (χ1n) is 10.9. The van der Waals surface area contributed by atoms with E-state index in [2.05, 4.69) is 10.4 Å². The van der Waals surface area contributed by atoms with Crippen molar-refractivity contribution in [2.24, 2.45) is 0 Å². The van der Waals surface area contributed by atoms with Gasteiger partial charge in [0.15, 0.2) is 24.8 Å². The van der Waals surface area contributed by atoms with Gasteiger partial charge in [0, 0.05) is 18.0 Å². The molecule has 12 heteroatoms. The van der Waals surface area contributed by atoms with E-state index in [1.54, 1.807) is 24.5 Å². The Morgan fingerprint density at radius 3 is 2.62 bits per heavy atom. The maximum Gasteiger partial charge on any atom is 0.416 e. The summed E-state index contributed by atoms with van der Waals surface area (Å²) in [5.41, 5.74) is -0.354. The van der Waals surface area contributed by atoms with Crippen molar-refractivity contribution in [2.45, 2.75) is 6.18 Å². The number of esters is 1. The first-order chi connectivity index (χ1) is 17.7. The molecular weight excluding hydrogens is 493 g/mol. The molecular formula is C25H17F3N4O5. The number of alkyl halides is 3. The van der Waals surface area contributed by atoms with E-state index in [1.807, 2.05) is 0 Å². The Bertz CT molecular complexity index is 1510. The molecule has 0 saturated carbocycles. The van der Waals surface area contributed by atoms with Gasteiger partial charge in [0.2, 0.25) is 0 Å². The molecule has 0 spiro atoms. The van der Waals surface area contributed by atoms with Crippen LogP contribution in [0.25, 0.3) is 11.5 Å². The smallest absolute Gasteiger partial charge is 0.416 e. The highest BCUT2D eigenvalue weighted by Crippen LogP contribution is 2.31. The second-order valence-electron chi connectivity index (χ2n) is 7.98. The van der Waals surface area contributed by atoms with Crippen molar-refractivity contribution in [3.05, 3.63) is 89.9 Å². The van der Waals surface area contributed by atoms with Crippen molar-refractivity contribution in [1.82, 2.24) is 14.3 Å². The van der Waals surface area contributed by atoms with Crippen molar-refractivity contribution >= 4 is 23.3 Å². The molecule has 0 unspecified atom stereocenters. The van der Waals surface area contributed by atoms with Gasteiger partial charge in [0.05, 0.1) is 23.1 Å². The van der Waals surface area contributed by atoms with Crippen LogP contribution < -0.4 is 10.1 Å². The van der Waals surface area contributed by atoms with Gasteiger partial charge >= 0.3 is 12.1 Å². The number of nitrogens with one attached hydrogen (secondary N) is 1. The fourth-order valence-corrected chi connectivity index (χ4v) is 3.76. The number of amides is 1. The van der Waals surface area contributed by atoms with Gasteiger partial charge in [-0.3, -0.25) is 9.59 Å². The molecule has 9 nitrogen and oxygen atoms in total. The van der Waals surface area contributed by atoms with Gasteiger partial charge in [-0.15, -0.1) is 0 Å². The van der Waals surface area contributed by atoms with Crippen molar-refractivity contribution in [3.63, 3.8) is 0 Å². The zero-order chi connectivity index (χ0) is 26.2. The third-order valence-electron chi connectivity index (χ3n) is 5.50. The molecule has 4 aromatic rings. The summed E-state index contributed by atoms with van der Waals surface area (Å²) in [5, 5.41) is 6.71. The van der Waals surface area contributed by atoms with Crippen molar-refractivity contribution in [1.29, 1.82) is 0 Å². The van der Waals surface area contributed by atoms with Crippen LogP contribution in [0.3, 0.4) is 0 Å². The second kappa shape index (κ2) is 9.30. The largest absolute Gasteiger partial charge is 0.482 e. The quantitative estimate of drug-likeness (QED) is 0.310. The van der Waals surface area contributed by atoms with Crippen molar-refractivity contribution in [2.75, 3.05) is 18.5 Å². The van der Waals surface area contributed by atoms with Crippen molar-refractivity contribution < 1.29 is 37.0 Å². The van der Waals surface area contributed by atoms with Gasteiger partial charge in [-0.1, -0.05) is 6.07 Å². The topological polar surface area (TPSA) is 104 Å². The van der Waals surface area contributed by atoms with Crippen LogP contribution in [-0.4, -0.2) is 45.2 Å². The molecule has 1 aliphatic rings. The van der Waals surface area contributed by atoms with E-state index in [0.29, 0.717) is 11.4 Å². The Hall–Kier alpha value is -4.87. The van der Waals surface area contributed by atoms with E-state index in [1.165, 1.54) is 39.6 Å². The number of carbonyl (C=O) groups excluding carboxylic acids is 3. The van der Waals surface area contributed by atoms with Gasteiger partial charge in [-0.05, 0) is 48.5 Å². The molecule has 1 N–H and O–H groups in total. The molecule has 0 bridgehead atoms. The molecule has 0 aliphatic carbocycles. The molecule has 5 rings (SSSR count). The number of hydrogen-bond acceptors (Lipinski definition) is 6. The number of aromatic nitrogens is 3. The molecule has 37 heavy (non-hydrogen) atoms. The van der Waals surface area contributed by atoms with E-state index in [9.17, 15) is 27.6 Å². The summed E-state index contributed by atoms with van der Waals surface area (Å²) in [6.45, 7) is -0.748. The highest BCUT2D eigenvalue weighted by atomic mass is 19.4. The van der Waals surface area contributed by atoms with Crippen LogP contribution in [0.4, 0.5) is 18.9 Å². The lowest BCUT2D eigenvalue weighted by Crippen LogP contribution is -2.25. The minimum Gasteiger partial charge on any atom is -0.482 e. The average molecular weight is 510 g/mol. The van der Waals surface area contributed by atoms with E-state index in [-0.39, 0.29) is 35.1 Å². The lowest BCUT2D eigenvalue weighted by atomic mass is 10.1. The predicted octanol–water partition coefficient (Wildman–Crippen LogP) is 4.05. The third-order valence-corrected chi connectivity index (χ3v) is 5.50. The Balaban J connectivity index is 1.40. The summed E-state index contributed by atoms with van der Waals surface area (Å²) in [6, 6.07) is 12.3. The molecule has 1 aliphatic heterocycles. The maximum atomic E-state index is 13.3. The van der Waals surface area contributed by atoms with Crippen molar-refractivity contribution in [3.8, 4) is 17.3 Å². The van der Waals surface area contributed by atoms with E-state index >= 15 is 0 Å². The molecule has 188 valence electrons. The summed E-state index contributed by atoms with van der Waals surface area (Å²) in [4.78, 5) is 37.1. The summed E-state index contributed by atoms with van der Waals surface area (Å²) < 4.78 is 52.9. The first kappa shape index (κ1) is 23.9. The molecule has 1 amide bonds. The lowest BCUT2D eigenvalue weighted by Gasteiger charge is -2.18. The highest BCUT2D eigenvalue weighted by Gasteiger charge is 2.31. The Morgan fingerprint density at radius 2 is 1.86 bits per heavy atom. The predicted molar refractivity (Wildman–Crippen MR) is 123 cm³/mol. The van der Waals surface area contributed by atoms with Gasteiger partial charge in [-0.25, -0.2) is 9.48 Å². The molecule has 3 heterocycles. The van der Waals surface area contributed by atoms with Crippen LogP contribution >= 0.6 is 0 Å². The number of anilines is 1.